The van der Waals surface area contributed by atoms with Gasteiger partial charge in [0.2, 0.25) is 5.91 Å². The van der Waals surface area contributed by atoms with Gasteiger partial charge >= 0.3 is 0 Å². The third-order valence-electron chi connectivity index (χ3n) is 5.76. The van der Waals surface area contributed by atoms with E-state index in [1.54, 1.807) is 12.1 Å². The number of nitrogens with zero attached hydrogens (tertiary/aromatic N) is 2. The molecule has 2 aromatic carbocycles. The van der Waals surface area contributed by atoms with Crippen molar-refractivity contribution in [3.63, 3.8) is 0 Å². The molecule has 0 radical (unpaired) electrons. The highest BCUT2D eigenvalue weighted by molar-refractivity contribution is 5.97. The van der Waals surface area contributed by atoms with E-state index in [1.165, 1.54) is 5.56 Å². The zero-order chi connectivity index (χ0) is 22.9. The highest BCUT2D eigenvalue weighted by atomic mass is 16.2. The average molecular weight is 433 g/mol. The Hall–Kier alpha value is -3.41. The molecule has 2 amide bonds. The Morgan fingerprint density at radius 3 is 2.34 bits per heavy atom. The molecule has 2 unspecified atom stereocenters. The Bertz CT molecular complexity index is 1010. The lowest BCUT2D eigenvalue weighted by Gasteiger charge is -2.23. The number of carbonyl (C=O) groups is 2. The Kier molecular flexibility index (Phi) is 8.20. The second-order valence-electron chi connectivity index (χ2n) is 8.12. The first-order valence-electron chi connectivity index (χ1n) is 11.2. The predicted molar refractivity (Wildman–Crippen MR) is 127 cm³/mol. The van der Waals surface area contributed by atoms with Crippen LogP contribution < -0.4 is 10.6 Å². The van der Waals surface area contributed by atoms with Crippen molar-refractivity contribution in [2.45, 2.75) is 46.1 Å². The molecular formula is C26H32N4O2. The molecule has 3 rings (SSSR count). The standard InChI is InChI=1S/C26H32N4O2/c1-4-19(2)24(28-25(31)21-12-7-5-8-13-21)26(32)27-17-11-14-22-18-30(29-20(22)3)23-15-9-6-10-16-23/h5-10,12-13,15-16,18-19,24H,4,11,14,17H2,1-3H3,(H,27,32)(H,28,31). The van der Waals surface area contributed by atoms with Gasteiger partial charge in [-0.05, 0) is 55.5 Å². The summed E-state index contributed by atoms with van der Waals surface area (Å²) in [6, 6.07) is 18.4. The van der Waals surface area contributed by atoms with E-state index in [4.69, 9.17) is 0 Å². The summed E-state index contributed by atoms with van der Waals surface area (Å²) in [6.45, 7) is 6.55. The first kappa shape index (κ1) is 23.3. The van der Waals surface area contributed by atoms with Gasteiger partial charge in [0.05, 0.1) is 11.4 Å². The molecule has 0 bridgehead atoms. The van der Waals surface area contributed by atoms with Crippen LogP contribution in [0, 0.1) is 12.8 Å². The lowest BCUT2D eigenvalue weighted by Crippen LogP contribution is -2.50. The van der Waals surface area contributed by atoms with Crippen molar-refractivity contribution in [2.75, 3.05) is 6.54 Å². The van der Waals surface area contributed by atoms with E-state index in [9.17, 15) is 9.59 Å². The third-order valence-corrected chi connectivity index (χ3v) is 5.76. The minimum Gasteiger partial charge on any atom is -0.354 e. The van der Waals surface area contributed by atoms with Gasteiger partial charge in [-0.2, -0.15) is 5.10 Å². The van der Waals surface area contributed by atoms with Crippen LogP contribution in [-0.4, -0.2) is 34.2 Å². The lowest BCUT2D eigenvalue weighted by atomic mass is 9.97. The molecule has 0 aliphatic heterocycles. The molecule has 0 fully saturated rings. The van der Waals surface area contributed by atoms with Crippen LogP contribution in [0.2, 0.25) is 0 Å². The maximum absolute atomic E-state index is 12.8. The van der Waals surface area contributed by atoms with E-state index in [1.807, 2.05) is 74.0 Å². The van der Waals surface area contributed by atoms with Crippen molar-refractivity contribution in [1.82, 2.24) is 20.4 Å². The Balaban J connectivity index is 1.53. The molecule has 6 heteroatoms. The van der Waals surface area contributed by atoms with Crippen LogP contribution in [-0.2, 0) is 11.2 Å². The number of aromatic nitrogens is 2. The molecule has 6 nitrogen and oxygen atoms in total. The fraction of sp³-hybridized carbons (Fsp3) is 0.346. The van der Waals surface area contributed by atoms with Gasteiger partial charge in [0.15, 0.2) is 0 Å². The average Bonchev–Trinajstić information content (AvgIpc) is 3.21. The summed E-state index contributed by atoms with van der Waals surface area (Å²) < 4.78 is 1.89. The molecule has 2 N–H and O–H groups in total. The largest absolute Gasteiger partial charge is 0.354 e. The molecular weight excluding hydrogens is 400 g/mol. The van der Waals surface area contributed by atoms with Crippen LogP contribution in [0.25, 0.3) is 5.69 Å². The number of carbonyl (C=O) groups excluding carboxylic acids is 2. The molecule has 0 saturated heterocycles. The fourth-order valence-electron chi connectivity index (χ4n) is 3.57. The minimum absolute atomic E-state index is 0.0361. The zero-order valence-electron chi connectivity index (χ0n) is 19.0. The molecule has 168 valence electrons. The van der Waals surface area contributed by atoms with Crippen molar-refractivity contribution >= 4 is 11.8 Å². The summed E-state index contributed by atoms with van der Waals surface area (Å²) in [7, 11) is 0. The number of rotatable bonds is 10. The SMILES string of the molecule is CCC(C)C(NC(=O)c1ccccc1)C(=O)NCCCc1cn(-c2ccccc2)nc1C. The molecule has 1 aromatic heterocycles. The van der Waals surface area contributed by atoms with E-state index in [0.29, 0.717) is 12.1 Å². The van der Waals surface area contributed by atoms with Crippen LogP contribution in [0.15, 0.2) is 66.9 Å². The van der Waals surface area contributed by atoms with E-state index in [2.05, 4.69) is 21.9 Å². The van der Waals surface area contributed by atoms with Crippen molar-refractivity contribution < 1.29 is 9.59 Å². The molecule has 32 heavy (non-hydrogen) atoms. The van der Waals surface area contributed by atoms with E-state index in [-0.39, 0.29) is 17.7 Å². The monoisotopic (exact) mass is 432 g/mol. The summed E-state index contributed by atoms with van der Waals surface area (Å²) in [5.74, 6) is -0.329. The van der Waals surface area contributed by atoms with Gasteiger partial charge in [0.1, 0.15) is 6.04 Å². The van der Waals surface area contributed by atoms with Crippen LogP contribution in [0.5, 0.6) is 0 Å². The zero-order valence-corrected chi connectivity index (χ0v) is 19.0. The lowest BCUT2D eigenvalue weighted by molar-refractivity contribution is -0.124. The summed E-state index contributed by atoms with van der Waals surface area (Å²) in [5.41, 5.74) is 3.74. The van der Waals surface area contributed by atoms with Gasteiger partial charge < -0.3 is 10.6 Å². The van der Waals surface area contributed by atoms with Crippen LogP contribution >= 0.6 is 0 Å². The van der Waals surface area contributed by atoms with Crippen molar-refractivity contribution in [3.05, 3.63) is 83.7 Å². The van der Waals surface area contributed by atoms with Crippen LogP contribution in [0.3, 0.4) is 0 Å². The molecule has 2 atom stereocenters. The number of benzene rings is 2. The van der Waals surface area contributed by atoms with Gasteiger partial charge in [-0.1, -0.05) is 56.7 Å². The van der Waals surface area contributed by atoms with E-state index >= 15 is 0 Å². The molecule has 0 spiro atoms. The number of para-hydroxylation sites is 1. The molecule has 0 saturated carbocycles. The summed E-state index contributed by atoms with van der Waals surface area (Å²) in [6.07, 6.45) is 4.47. The van der Waals surface area contributed by atoms with Crippen LogP contribution in [0.4, 0.5) is 0 Å². The van der Waals surface area contributed by atoms with Crippen molar-refractivity contribution in [2.24, 2.45) is 5.92 Å². The van der Waals surface area contributed by atoms with E-state index < -0.39 is 6.04 Å². The Labute approximate surface area is 190 Å². The second-order valence-corrected chi connectivity index (χ2v) is 8.12. The number of hydrogen-bond donors (Lipinski definition) is 2. The summed E-state index contributed by atoms with van der Waals surface area (Å²) in [5, 5.41) is 10.5. The third kappa shape index (κ3) is 6.06. The molecule has 1 heterocycles. The Morgan fingerprint density at radius 1 is 1.03 bits per heavy atom. The molecule has 3 aromatic rings. The first-order chi connectivity index (χ1) is 15.5. The smallest absolute Gasteiger partial charge is 0.251 e. The van der Waals surface area contributed by atoms with Crippen molar-refractivity contribution in [1.29, 1.82) is 0 Å². The highest BCUT2D eigenvalue weighted by Crippen LogP contribution is 2.14. The van der Waals surface area contributed by atoms with Gasteiger partial charge in [0.25, 0.3) is 5.91 Å². The fourth-order valence-corrected chi connectivity index (χ4v) is 3.57. The normalized spacial score (nSPS) is 12.7. The highest BCUT2D eigenvalue weighted by Gasteiger charge is 2.26. The van der Waals surface area contributed by atoms with Crippen molar-refractivity contribution in [3.8, 4) is 5.69 Å². The quantitative estimate of drug-likeness (QED) is 0.474. The van der Waals surface area contributed by atoms with Gasteiger partial charge in [-0.15, -0.1) is 0 Å². The maximum atomic E-state index is 12.8. The van der Waals surface area contributed by atoms with Crippen LogP contribution in [0.1, 0.15) is 48.3 Å². The first-order valence-corrected chi connectivity index (χ1v) is 11.2. The van der Waals surface area contributed by atoms with Gasteiger partial charge in [0, 0.05) is 18.3 Å². The number of amides is 2. The summed E-state index contributed by atoms with van der Waals surface area (Å²) in [4.78, 5) is 25.4. The minimum atomic E-state index is -0.560. The second kappa shape index (κ2) is 11.3. The Morgan fingerprint density at radius 2 is 1.69 bits per heavy atom. The molecule has 0 aliphatic carbocycles. The van der Waals surface area contributed by atoms with E-state index in [0.717, 1.165) is 30.6 Å². The summed E-state index contributed by atoms with van der Waals surface area (Å²) >= 11 is 0. The maximum Gasteiger partial charge on any atom is 0.251 e. The number of aryl methyl sites for hydroxylation is 2. The topological polar surface area (TPSA) is 76.0 Å². The van der Waals surface area contributed by atoms with Gasteiger partial charge in [-0.25, -0.2) is 4.68 Å². The predicted octanol–water partition coefficient (Wildman–Crippen LogP) is 4.07. The number of nitrogens with one attached hydrogen (secondary N) is 2. The van der Waals surface area contributed by atoms with Gasteiger partial charge in [-0.3, -0.25) is 9.59 Å². The molecule has 0 aliphatic rings. The number of hydrogen-bond acceptors (Lipinski definition) is 3.